The summed E-state index contributed by atoms with van der Waals surface area (Å²) in [5.74, 6) is -0.494. The van der Waals surface area contributed by atoms with Gasteiger partial charge in [-0.3, -0.25) is 0 Å². The molecule has 1 atom stereocenters. The van der Waals surface area contributed by atoms with E-state index in [1.807, 2.05) is 0 Å². The van der Waals surface area contributed by atoms with E-state index in [9.17, 15) is 4.79 Å². The Hall–Kier alpha value is -0.0505. The minimum atomic E-state index is -1.14. The van der Waals surface area contributed by atoms with Crippen molar-refractivity contribution in [3.63, 3.8) is 0 Å². The average Bonchev–Trinajstić information content (AvgIpc) is 1.86. The summed E-state index contributed by atoms with van der Waals surface area (Å²) in [7, 11) is 0. The molecule has 4 heteroatoms. The number of hydrogen-bond donors (Lipinski definition) is 2. The van der Waals surface area contributed by atoms with Crippen molar-refractivity contribution in [1.29, 1.82) is 0 Å². The normalized spacial score (nSPS) is 13.5. The molecular formula is C7H14O3Se. The molecule has 0 aliphatic carbocycles. The van der Waals surface area contributed by atoms with Gasteiger partial charge in [0, 0.05) is 0 Å². The Balaban J connectivity index is 3.31. The van der Waals surface area contributed by atoms with Gasteiger partial charge in [-0.15, -0.1) is 0 Å². The molecule has 0 amide bonds. The Morgan fingerprint density at radius 1 is 1.45 bits per heavy atom. The standard InChI is InChI=1S/C7H14O3Se/c1-5(2)3-11-4-6(8)7(9)10/h5-6,8H,3-4H2,1-2H3,(H,9,10). The van der Waals surface area contributed by atoms with E-state index in [1.165, 1.54) is 0 Å². The number of rotatable bonds is 5. The molecule has 0 spiro atoms. The first-order valence-electron chi connectivity index (χ1n) is 3.52. The van der Waals surface area contributed by atoms with Crippen molar-refractivity contribution in [2.75, 3.05) is 0 Å². The van der Waals surface area contributed by atoms with Gasteiger partial charge >= 0.3 is 72.4 Å². The third-order valence-corrected chi connectivity index (χ3v) is 4.06. The third-order valence-electron chi connectivity index (χ3n) is 1.01. The molecule has 0 saturated heterocycles. The first-order valence-corrected chi connectivity index (χ1v) is 5.95. The second-order valence-corrected chi connectivity index (χ2v) is 5.04. The summed E-state index contributed by atoms with van der Waals surface area (Å²) >= 11 is 0.270. The number of carboxylic acids is 1. The predicted octanol–water partition coefficient (Wildman–Crippen LogP) is 0.629. The van der Waals surface area contributed by atoms with Crippen LogP contribution in [0.3, 0.4) is 0 Å². The molecule has 66 valence electrons. The van der Waals surface area contributed by atoms with Crippen LogP contribution in [-0.4, -0.2) is 37.2 Å². The topological polar surface area (TPSA) is 57.5 Å². The van der Waals surface area contributed by atoms with Crippen LogP contribution in [0.25, 0.3) is 0 Å². The average molecular weight is 225 g/mol. The minimum absolute atomic E-state index is 0.270. The predicted molar refractivity (Wildman–Crippen MR) is 43.8 cm³/mol. The molecule has 0 aliphatic rings. The Labute approximate surface area is 73.0 Å². The van der Waals surface area contributed by atoms with Gasteiger partial charge in [0.2, 0.25) is 0 Å². The van der Waals surface area contributed by atoms with Gasteiger partial charge in [0.1, 0.15) is 0 Å². The number of carboxylic acid groups (broad SMARTS) is 1. The van der Waals surface area contributed by atoms with E-state index in [1.54, 1.807) is 0 Å². The summed E-state index contributed by atoms with van der Waals surface area (Å²) in [6.45, 7) is 4.18. The number of aliphatic hydroxyl groups excluding tert-OH is 1. The summed E-state index contributed by atoms with van der Waals surface area (Å²) in [6.07, 6.45) is -1.14. The number of hydrogen-bond acceptors (Lipinski definition) is 2. The Morgan fingerprint density at radius 3 is 2.36 bits per heavy atom. The van der Waals surface area contributed by atoms with Crippen molar-refractivity contribution in [3.8, 4) is 0 Å². The van der Waals surface area contributed by atoms with Crippen LogP contribution in [0.15, 0.2) is 0 Å². The second-order valence-electron chi connectivity index (χ2n) is 2.79. The van der Waals surface area contributed by atoms with Gasteiger partial charge in [-0.25, -0.2) is 0 Å². The molecule has 0 rings (SSSR count). The molecule has 0 aromatic carbocycles. The summed E-state index contributed by atoms with van der Waals surface area (Å²) in [5.41, 5.74) is 0. The van der Waals surface area contributed by atoms with E-state index < -0.39 is 12.1 Å². The molecule has 0 aliphatic heterocycles. The molecule has 0 aromatic heterocycles. The van der Waals surface area contributed by atoms with Crippen LogP contribution in [0.2, 0.25) is 10.6 Å². The van der Waals surface area contributed by atoms with Crippen molar-refractivity contribution < 1.29 is 15.0 Å². The third kappa shape index (κ3) is 6.35. The van der Waals surface area contributed by atoms with Crippen molar-refractivity contribution in [3.05, 3.63) is 0 Å². The van der Waals surface area contributed by atoms with Gasteiger partial charge in [-0.05, 0) is 0 Å². The van der Waals surface area contributed by atoms with E-state index in [-0.39, 0.29) is 15.0 Å². The monoisotopic (exact) mass is 226 g/mol. The summed E-state index contributed by atoms with van der Waals surface area (Å²) in [5, 5.41) is 18.6. The Bertz CT molecular complexity index is 125. The number of aliphatic hydroxyl groups is 1. The molecule has 0 fully saturated rings. The van der Waals surface area contributed by atoms with Crippen LogP contribution < -0.4 is 0 Å². The molecule has 0 saturated carbocycles. The zero-order valence-electron chi connectivity index (χ0n) is 6.78. The molecule has 2 N–H and O–H groups in total. The maximum atomic E-state index is 10.1. The van der Waals surface area contributed by atoms with E-state index >= 15 is 0 Å². The molecule has 11 heavy (non-hydrogen) atoms. The van der Waals surface area contributed by atoms with E-state index in [0.717, 1.165) is 5.32 Å². The first-order chi connectivity index (χ1) is 5.04. The van der Waals surface area contributed by atoms with Crippen LogP contribution >= 0.6 is 0 Å². The molecule has 0 bridgehead atoms. The first kappa shape index (κ1) is 10.9. The second kappa shape index (κ2) is 5.58. The van der Waals surface area contributed by atoms with E-state index in [2.05, 4.69) is 13.8 Å². The Kier molecular flexibility index (Phi) is 5.56. The van der Waals surface area contributed by atoms with Gasteiger partial charge < -0.3 is 0 Å². The fraction of sp³-hybridized carbons (Fsp3) is 0.857. The van der Waals surface area contributed by atoms with Gasteiger partial charge in [0.25, 0.3) is 0 Å². The van der Waals surface area contributed by atoms with Crippen molar-refractivity contribution in [2.24, 2.45) is 5.92 Å². The molecule has 1 unspecified atom stereocenters. The molecule has 0 heterocycles. The molecule has 0 radical (unpaired) electrons. The van der Waals surface area contributed by atoms with Crippen molar-refractivity contribution in [1.82, 2.24) is 0 Å². The van der Waals surface area contributed by atoms with Crippen molar-refractivity contribution in [2.45, 2.75) is 30.6 Å². The molecule has 0 aromatic rings. The van der Waals surface area contributed by atoms with Crippen LogP contribution in [0.1, 0.15) is 13.8 Å². The fourth-order valence-corrected chi connectivity index (χ4v) is 2.53. The van der Waals surface area contributed by atoms with E-state index in [0.29, 0.717) is 11.2 Å². The summed E-state index contributed by atoms with van der Waals surface area (Å²) < 4.78 is 0. The number of carbonyl (C=O) groups is 1. The molecular weight excluding hydrogens is 211 g/mol. The van der Waals surface area contributed by atoms with Crippen molar-refractivity contribution >= 4 is 20.9 Å². The zero-order valence-corrected chi connectivity index (χ0v) is 8.49. The molecule has 3 nitrogen and oxygen atoms in total. The number of aliphatic carboxylic acids is 1. The van der Waals surface area contributed by atoms with Crippen LogP contribution in [-0.2, 0) is 4.79 Å². The van der Waals surface area contributed by atoms with Crippen LogP contribution in [0, 0.1) is 5.92 Å². The van der Waals surface area contributed by atoms with Gasteiger partial charge in [0.15, 0.2) is 0 Å². The van der Waals surface area contributed by atoms with Gasteiger partial charge in [0.05, 0.1) is 0 Å². The van der Waals surface area contributed by atoms with Crippen LogP contribution in [0.5, 0.6) is 0 Å². The maximum absolute atomic E-state index is 10.1. The van der Waals surface area contributed by atoms with E-state index in [4.69, 9.17) is 10.2 Å². The summed E-state index contributed by atoms with van der Waals surface area (Å²) in [6, 6.07) is 0. The zero-order chi connectivity index (χ0) is 8.85. The Morgan fingerprint density at radius 2 is 2.00 bits per heavy atom. The van der Waals surface area contributed by atoms with Crippen LogP contribution in [0.4, 0.5) is 0 Å². The van der Waals surface area contributed by atoms with Gasteiger partial charge in [-0.2, -0.15) is 0 Å². The van der Waals surface area contributed by atoms with Gasteiger partial charge in [-0.1, -0.05) is 0 Å². The fourth-order valence-electron chi connectivity index (χ4n) is 0.487. The summed E-state index contributed by atoms with van der Waals surface area (Å²) in [4.78, 5) is 10.1. The SMILES string of the molecule is CC(C)C[Se]CC(O)C(=O)O. The quantitative estimate of drug-likeness (QED) is 0.674.